The predicted molar refractivity (Wildman–Crippen MR) is 75.4 cm³/mol. The van der Waals surface area contributed by atoms with Gasteiger partial charge in [-0.25, -0.2) is 0 Å². The summed E-state index contributed by atoms with van der Waals surface area (Å²) in [4.78, 5) is 11.9. The molecule has 0 aromatic rings. The van der Waals surface area contributed by atoms with Crippen molar-refractivity contribution in [3.05, 3.63) is 0 Å². The van der Waals surface area contributed by atoms with E-state index in [2.05, 4.69) is 5.32 Å². The molecule has 3 nitrogen and oxygen atoms in total. The smallest absolute Gasteiger partial charge is 0.230 e. The fourth-order valence-corrected chi connectivity index (χ4v) is 5.22. The van der Waals surface area contributed by atoms with Crippen molar-refractivity contribution >= 4 is 17.7 Å². The molecular formula is C14H24N2OS. The van der Waals surface area contributed by atoms with Crippen LogP contribution in [0.3, 0.4) is 0 Å². The van der Waals surface area contributed by atoms with Gasteiger partial charge in [-0.15, -0.1) is 0 Å². The van der Waals surface area contributed by atoms with E-state index >= 15 is 0 Å². The molecule has 0 spiro atoms. The minimum Gasteiger partial charge on any atom is -0.352 e. The first kappa shape index (κ1) is 12.8. The normalized spacial score (nSPS) is 41.1. The third-order valence-electron chi connectivity index (χ3n) is 5.05. The van der Waals surface area contributed by atoms with Gasteiger partial charge in [-0.1, -0.05) is 0 Å². The lowest BCUT2D eigenvalue weighted by atomic mass is 9.54. The Balaban J connectivity index is 1.52. The molecule has 4 rings (SSSR count). The van der Waals surface area contributed by atoms with Gasteiger partial charge < -0.3 is 11.1 Å². The van der Waals surface area contributed by atoms with Crippen molar-refractivity contribution in [1.29, 1.82) is 0 Å². The highest BCUT2D eigenvalue weighted by atomic mass is 32.2. The number of hydrogen-bond donors (Lipinski definition) is 2. The van der Waals surface area contributed by atoms with Crippen LogP contribution in [0.2, 0.25) is 0 Å². The Bertz CT molecular complexity index is 293. The van der Waals surface area contributed by atoms with Crippen LogP contribution < -0.4 is 11.1 Å². The Morgan fingerprint density at radius 3 is 2.28 bits per heavy atom. The summed E-state index contributed by atoms with van der Waals surface area (Å²) in [6.45, 7) is 0.663. The SMILES string of the molecule is NCCSCC(=O)NC1C2CC3CC(C2)CC1C3. The molecule has 4 bridgehead atoms. The zero-order chi connectivity index (χ0) is 12.5. The Morgan fingerprint density at radius 1 is 1.11 bits per heavy atom. The van der Waals surface area contributed by atoms with Gasteiger partial charge in [0, 0.05) is 18.3 Å². The molecular weight excluding hydrogens is 244 g/mol. The maximum atomic E-state index is 11.9. The van der Waals surface area contributed by atoms with Crippen molar-refractivity contribution in [1.82, 2.24) is 5.32 Å². The van der Waals surface area contributed by atoms with E-state index in [0.717, 1.165) is 29.4 Å². The third kappa shape index (κ3) is 2.55. The molecule has 0 radical (unpaired) electrons. The summed E-state index contributed by atoms with van der Waals surface area (Å²) in [5, 5.41) is 3.32. The number of nitrogens with two attached hydrogens (primary N) is 1. The molecule has 0 aromatic carbocycles. The minimum absolute atomic E-state index is 0.228. The molecule has 4 saturated carbocycles. The molecule has 4 fully saturated rings. The lowest BCUT2D eigenvalue weighted by molar-refractivity contribution is -0.122. The van der Waals surface area contributed by atoms with Crippen molar-refractivity contribution in [3.63, 3.8) is 0 Å². The highest BCUT2D eigenvalue weighted by Crippen LogP contribution is 2.53. The topological polar surface area (TPSA) is 55.1 Å². The summed E-state index contributed by atoms with van der Waals surface area (Å²) >= 11 is 1.65. The molecule has 0 saturated heterocycles. The fourth-order valence-electron chi connectivity index (χ4n) is 4.64. The zero-order valence-electron chi connectivity index (χ0n) is 10.9. The number of nitrogens with one attached hydrogen (secondary N) is 1. The van der Waals surface area contributed by atoms with Crippen LogP contribution in [-0.2, 0) is 4.79 Å². The van der Waals surface area contributed by atoms with Gasteiger partial charge in [0.05, 0.1) is 5.75 Å². The molecule has 0 unspecified atom stereocenters. The summed E-state index contributed by atoms with van der Waals surface area (Å²) in [7, 11) is 0. The minimum atomic E-state index is 0.228. The van der Waals surface area contributed by atoms with Crippen LogP contribution >= 0.6 is 11.8 Å². The van der Waals surface area contributed by atoms with E-state index in [-0.39, 0.29) is 5.91 Å². The van der Waals surface area contributed by atoms with E-state index in [1.807, 2.05) is 0 Å². The first-order valence-corrected chi connectivity index (χ1v) is 8.49. The lowest BCUT2D eigenvalue weighted by Crippen LogP contribution is -2.56. The van der Waals surface area contributed by atoms with E-state index in [4.69, 9.17) is 5.73 Å². The molecule has 0 atom stereocenters. The molecule has 18 heavy (non-hydrogen) atoms. The summed E-state index contributed by atoms with van der Waals surface area (Å²) < 4.78 is 0. The number of hydrogen-bond acceptors (Lipinski definition) is 3. The quantitative estimate of drug-likeness (QED) is 0.745. The molecule has 0 heterocycles. The van der Waals surface area contributed by atoms with E-state index in [0.29, 0.717) is 18.3 Å². The van der Waals surface area contributed by atoms with E-state index in [1.165, 1.54) is 32.1 Å². The highest BCUT2D eigenvalue weighted by Gasteiger charge is 2.48. The van der Waals surface area contributed by atoms with Crippen LogP contribution in [0.1, 0.15) is 32.1 Å². The number of amides is 1. The molecule has 4 aliphatic carbocycles. The van der Waals surface area contributed by atoms with Gasteiger partial charge in [0.25, 0.3) is 0 Å². The first-order valence-electron chi connectivity index (χ1n) is 7.33. The number of carbonyl (C=O) groups excluding carboxylic acids is 1. The fraction of sp³-hybridized carbons (Fsp3) is 0.929. The summed E-state index contributed by atoms with van der Waals surface area (Å²) in [6, 6.07) is 0.490. The van der Waals surface area contributed by atoms with E-state index in [1.54, 1.807) is 11.8 Å². The second-order valence-electron chi connectivity index (χ2n) is 6.37. The zero-order valence-corrected chi connectivity index (χ0v) is 11.8. The Kier molecular flexibility index (Phi) is 3.85. The van der Waals surface area contributed by atoms with Crippen LogP contribution in [-0.4, -0.2) is 30.0 Å². The molecule has 4 heteroatoms. The lowest BCUT2D eigenvalue weighted by Gasteiger charge is -2.54. The van der Waals surface area contributed by atoms with Gasteiger partial charge in [-0.2, -0.15) is 11.8 Å². The highest BCUT2D eigenvalue weighted by molar-refractivity contribution is 7.99. The molecule has 0 aliphatic heterocycles. The summed E-state index contributed by atoms with van der Waals surface area (Å²) in [5.74, 6) is 5.22. The van der Waals surface area contributed by atoms with E-state index < -0.39 is 0 Å². The summed E-state index contributed by atoms with van der Waals surface area (Å²) in [6.07, 6.45) is 6.95. The second kappa shape index (κ2) is 5.41. The number of rotatable bonds is 5. The van der Waals surface area contributed by atoms with Gasteiger partial charge in [0.2, 0.25) is 5.91 Å². The first-order chi connectivity index (χ1) is 8.76. The molecule has 102 valence electrons. The van der Waals surface area contributed by atoms with Crippen molar-refractivity contribution in [3.8, 4) is 0 Å². The maximum absolute atomic E-state index is 11.9. The van der Waals surface area contributed by atoms with Gasteiger partial charge in [0.1, 0.15) is 0 Å². The van der Waals surface area contributed by atoms with Crippen LogP contribution in [0.5, 0.6) is 0 Å². The van der Waals surface area contributed by atoms with Crippen LogP contribution in [0, 0.1) is 23.7 Å². The van der Waals surface area contributed by atoms with Crippen molar-refractivity contribution in [2.75, 3.05) is 18.1 Å². The van der Waals surface area contributed by atoms with Crippen molar-refractivity contribution in [2.45, 2.75) is 38.1 Å². The molecule has 4 aliphatic rings. The molecule has 0 aromatic heterocycles. The number of carbonyl (C=O) groups is 1. The second-order valence-corrected chi connectivity index (χ2v) is 7.47. The summed E-state index contributed by atoms with van der Waals surface area (Å²) in [5.41, 5.74) is 5.44. The average Bonchev–Trinajstić information content (AvgIpc) is 2.33. The molecule has 1 amide bonds. The van der Waals surface area contributed by atoms with Crippen LogP contribution in [0.25, 0.3) is 0 Å². The monoisotopic (exact) mass is 268 g/mol. The average molecular weight is 268 g/mol. The van der Waals surface area contributed by atoms with Crippen molar-refractivity contribution in [2.24, 2.45) is 29.4 Å². The van der Waals surface area contributed by atoms with Crippen LogP contribution in [0.4, 0.5) is 0 Å². The Hall–Kier alpha value is -0.220. The third-order valence-corrected chi connectivity index (χ3v) is 6.04. The maximum Gasteiger partial charge on any atom is 0.230 e. The molecule has 3 N–H and O–H groups in total. The van der Waals surface area contributed by atoms with Crippen LogP contribution in [0.15, 0.2) is 0 Å². The van der Waals surface area contributed by atoms with Gasteiger partial charge in [0.15, 0.2) is 0 Å². The van der Waals surface area contributed by atoms with Crippen molar-refractivity contribution < 1.29 is 4.79 Å². The largest absolute Gasteiger partial charge is 0.352 e. The van der Waals surface area contributed by atoms with Gasteiger partial charge in [-0.05, 0) is 55.8 Å². The number of thioether (sulfide) groups is 1. The Morgan fingerprint density at radius 2 is 1.72 bits per heavy atom. The van der Waals surface area contributed by atoms with E-state index in [9.17, 15) is 4.79 Å². The Labute approximate surface area is 114 Å². The van der Waals surface area contributed by atoms with Gasteiger partial charge >= 0.3 is 0 Å². The van der Waals surface area contributed by atoms with Gasteiger partial charge in [-0.3, -0.25) is 4.79 Å². The standard InChI is InChI=1S/C14H24N2OS/c15-1-2-18-8-13(17)16-14-11-4-9-3-10(6-11)7-12(14)5-9/h9-12,14H,1-8,15H2,(H,16,17). The predicted octanol–water partition coefficient (Wildman–Crippen LogP) is 1.62.